The maximum Gasteiger partial charge on any atom is 0.164 e. The Hall–Kier alpha value is -5.61. The zero-order chi connectivity index (χ0) is 27.2. The minimum atomic E-state index is 0.644. The number of furan rings is 1. The van der Waals surface area contributed by atoms with Crippen LogP contribution >= 0.6 is 0 Å². The molecule has 2 heterocycles. The van der Waals surface area contributed by atoms with E-state index in [0.717, 1.165) is 60.5 Å². The molecule has 4 nitrogen and oxygen atoms in total. The Morgan fingerprint density at radius 3 is 1.68 bits per heavy atom. The van der Waals surface area contributed by atoms with Crippen molar-refractivity contribution in [3.63, 3.8) is 0 Å². The van der Waals surface area contributed by atoms with Crippen molar-refractivity contribution in [2.24, 2.45) is 0 Å². The van der Waals surface area contributed by atoms with Gasteiger partial charge < -0.3 is 4.42 Å². The predicted molar refractivity (Wildman–Crippen MR) is 166 cm³/mol. The van der Waals surface area contributed by atoms with E-state index < -0.39 is 0 Å². The van der Waals surface area contributed by atoms with Gasteiger partial charge in [-0.3, -0.25) is 0 Å². The summed E-state index contributed by atoms with van der Waals surface area (Å²) in [6.45, 7) is 0. The molecule has 0 unspecified atom stereocenters. The highest BCUT2D eigenvalue weighted by molar-refractivity contribution is 6.07. The molecule has 41 heavy (non-hydrogen) atoms. The second kappa shape index (κ2) is 9.54. The van der Waals surface area contributed by atoms with E-state index in [2.05, 4.69) is 60.7 Å². The van der Waals surface area contributed by atoms with Gasteiger partial charge in [-0.15, -0.1) is 0 Å². The fourth-order valence-corrected chi connectivity index (χ4v) is 5.50. The molecule has 2 aromatic heterocycles. The molecule has 8 rings (SSSR count). The predicted octanol–water partition coefficient (Wildman–Crippen LogP) is 9.59. The zero-order valence-corrected chi connectivity index (χ0v) is 22.0. The van der Waals surface area contributed by atoms with Crippen LogP contribution in [0.15, 0.2) is 144 Å². The van der Waals surface area contributed by atoms with Gasteiger partial charge in [0.05, 0.1) is 0 Å². The summed E-state index contributed by atoms with van der Waals surface area (Å²) in [7, 11) is 0. The molecule has 0 aliphatic rings. The van der Waals surface area contributed by atoms with Crippen LogP contribution in [0, 0.1) is 0 Å². The number of hydrogen-bond donors (Lipinski definition) is 0. The van der Waals surface area contributed by atoms with Crippen LogP contribution in [0.4, 0.5) is 0 Å². The number of aromatic nitrogens is 3. The van der Waals surface area contributed by atoms with Crippen molar-refractivity contribution >= 4 is 32.7 Å². The van der Waals surface area contributed by atoms with Crippen LogP contribution < -0.4 is 0 Å². The molecule has 0 fully saturated rings. The van der Waals surface area contributed by atoms with Gasteiger partial charge >= 0.3 is 0 Å². The van der Waals surface area contributed by atoms with Crippen LogP contribution in [-0.4, -0.2) is 15.0 Å². The average molecular weight is 526 g/mol. The Morgan fingerprint density at radius 1 is 0.366 bits per heavy atom. The van der Waals surface area contributed by atoms with E-state index in [-0.39, 0.29) is 0 Å². The van der Waals surface area contributed by atoms with Gasteiger partial charge in [0.1, 0.15) is 11.2 Å². The van der Waals surface area contributed by atoms with Crippen LogP contribution in [-0.2, 0) is 0 Å². The van der Waals surface area contributed by atoms with Crippen molar-refractivity contribution in [3.8, 4) is 45.3 Å². The highest BCUT2D eigenvalue weighted by Crippen LogP contribution is 2.37. The average Bonchev–Trinajstić information content (AvgIpc) is 3.43. The minimum absolute atomic E-state index is 0.644. The van der Waals surface area contributed by atoms with E-state index in [1.54, 1.807) is 0 Å². The first kappa shape index (κ1) is 23.3. The van der Waals surface area contributed by atoms with Gasteiger partial charge in [0.25, 0.3) is 0 Å². The molecule has 0 bridgehead atoms. The summed E-state index contributed by atoms with van der Waals surface area (Å²) in [4.78, 5) is 14.9. The summed E-state index contributed by atoms with van der Waals surface area (Å²) in [6.07, 6.45) is 0. The van der Waals surface area contributed by atoms with Gasteiger partial charge in [-0.05, 0) is 52.2 Å². The molecule has 0 saturated heterocycles. The van der Waals surface area contributed by atoms with Gasteiger partial charge in [0.2, 0.25) is 0 Å². The van der Waals surface area contributed by atoms with Crippen LogP contribution in [0.25, 0.3) is 78.0 Å². The Bertz CT molecular complexity index is 2140. The minimum Gasteiger partial charge on any atom is -0.456 e. The zero-order valence-electron chi connectivity index (χ0n) is 22.0. The van der Waals surface area contributed by atoms with E-state index in [9.17, 15) is 0 Å². The topological polar surface area (TPSA) is 51.8 Å². The standard InChI is InChI=1S/C37H23N3O/c1-3-11-24(12-4-1)35-38-36(25-13-5-2-6-14-25)40-37(39-35)32-23-28(21-27-15-7-8-16-29(27)32)26-19-20-34-31(22-26)30-17-9-10-18-33(30)41-34/h1-23H. The van der Waals surface area contributed by atoms with Gasteiger partial charge in [-0.2, -0.15) is 0 Å². The molecule has 0 atom stereocenters. The van der Waals surface area contributed by atoms with Crippen molar-refractivity contribution in [1.82, 2.24) is 15.0 Å². The van der Waals surface area contributed by atoms with Crippen molar-refractivity contribution in [2.45, 2.75) is 0 Å². The first-order valence-electron chi connectivity index (χ1n) is 13.6. The van der Waals surface area contributed by atoms with Crippen molar-refractivity contribution in [2.75, 3.05) is 0 Å². The third-order valence-corrected chi connectivity index (χ3v) is 7.51. The summed E-state index contributed by atoms with van der Waals surface area (Å²) < 4.78 is 6.09. The SMILES string of the molecule is c1ccc(-c2nc(-c3ccccc3)nc(-c3cc(-c4ccc5oc6ccccc6c5c4)cc4ccccc34)n2)cc1. The molecule has 8 aromatic rings. The summed E-state index contributed by atoms with van der Waals surface area (Å²) in [5.41, 5.74) is 6.84. The Morgan fingerprint density at radius 2 is 0.951 bits per heavy atom. The largest absolute Gasteiger partial charge is 0.456 e. The second-order valence-electron chi connectivity index (χ2n) is 10.1. The molecule has 0 amide bonds. The maximum absolute atomic E-state index is 6.09. The number of rotatable bonds is 4. The maximum atomic E-state index is 6.09. The molecule has 4 heteroatoms. The summed E-state index contributed by atoms with van der Waals surface area (Å²) >= 11 is 0. The van der Waals surface area contributed by atoms with Gasteiger partial charge in [-0.25, -0.2) is 15.0 Å². The third kappa shape index (κ3) is 4.14. The number of benzene rings is 6. The smallest absolute Gasteiger partial charge is 0.164 e. The number of fused-ring (bicyclic) bond motifs is 4. The monoisotopic (exact) mass is 525 g/mol. The fourth-order valence-electron chi connectivity index (χ4n) is 5.50. The van der Waals surface area contributed by atoms with Crippen molar-refractivity contribution < 1.29 is 4.42 Å². The Balaban J connectivity index is 1.37. The molecule has 0 radical (unpaired) electrons. The molecule has 192 valence electrons. The lowest BCUT2D eigenvalue weighted by atomic mass is 9.95. The fraction of sp³-hybridized carbons (Fsp3) is 0. The Labute approximate surface area is 236 Å². The molecular weight excluding hydrogens is 502 g/mol. The summed E-state index contributed by atoms with van der Waals surface area (Å²) in [5, 5.41) is 4.43. The molecule has 0 spiro atoms. The van der Waals surface area contributed by atoms with Crippen LogP contribution in [0.5, 0.6) is 0 Å². The third-order valence-electron chi connectivity index (χ3n) is 7.51. The van der Waals surface area contributed by atoms with Crippen LogP contribution in [0.1, 0.15) is 0 Å². The van der Waals surface area contributed by atoms with E-state index in [0.29, 0.717) is 17.5 Å². The number of para-hydroxylation sites is 1. The van der Waals surface area contributed by atoms with Gasteiger partial charge in [-0.1, -0.05) is 109 Å². The summed E-state index contributed by atoms with van der Waals surface area (Å²) in [5.74, 6) is 1.94. The van der Waals surface area contributed by atoms with Gasteiger partial charge in [0.15, 0.2) is 17.5 Å². The molecule has 0 aliphatic heterocycles. The molecule has 0 N–H and O–H groups in total. The second-order valence-corrected chi connectivity index (χ2v) is 10.1. The molecule has 6 aromatic carbocycles. The number of hydrogen-bond acceptors (Lipinski definition) is 4. The van der Waals surface area contributed by atoms with E-state index in [1.165, 1.54) is 0 Å². The normalized spacial score (nSPS) is 11.4. The van der Waals surface area contributed by atoms with E-state index in [1.807, 2.05) is 78.9 Å². The van der Waals surface area contributed by atoms with Crippen LogP contribution in [0.2, 0.25) is 0 Å². The molecule has 0 aliphatic carbocycles. The number of nitrogens with zero attached hydrogens (tertiary/aromatic N) is 3. The Kier molecular flexibility index (Phi) is 5.42. The highest BCUT2D eigenvalue weighted by Gasteiger charge is 2.16. The first-order chi connectivity index (χ1) is 20.3. The lowest BCUT2D eigenvalue weighted by Gasteiger charge is -2.13. The molecular formula is C37H23N3O. The lowest BCUT2D eigenvalue weighted by Crippen LogP contribution is -2.00. The van der Waals surface area contributed by atoms with Gasteiger partial charge in [0, 0.05) is 27.5 Å². The van der Waals surface area contributed by atoms with Crippen molar-refractivity contribution in [1.29, 1.82) is 0 Å². The quantitative estimate of drug-likeness (QED) is 0.230. The molecule has 0 saturated carbocycles. The van der Waals surface area contributed by atoms with Crippen molar-refractivity contribution in [3.05, 3.63) is 140 Å². The van der Waals surface area contributed by atoms with E-state index in [4.69, 9.17) is 19.4 Å². The summed E-state index contributed by atoms with van der Waals surface area (Å²) in [6, 6.07) is 47.6. The van der Waals surface area contributed by atoms with Crippen LogP contribution in [0.3, 0.4) is 0 Å². The highest BCUT2D eigenvalue weighted by atomic mass is 16.3. The first-order valence-corrected chi connectivity index (χ1v) is 13.6. The van der Waals surface area contributed by atoms with E-state index >= 15 is 0 Å². The lowest BCUT2D eigenvalue weighted by molar-refractivity contribution is 0.669.